The van der Waals surface area contributed by atoms with Crippen LogP contribution in [-0.2, 0) is 0 Å². The molecule has 1 aliphatic heterocycles. The molecule has 1 saturated carbocycles. The minimum atomic E-state index is -0.605. The summed E-state index contributed by atoms with van der Waals surface area (Å²) >= 11 is 0. The van der Waals surface area contributed by atoms with Gasteiger partial charge in [-0.3, -0.25) is 4.99 Å². The maximum absolute atomic E-state index is 10.7. The highest BCUT2D eigenvalue weighted by atomic mass is 127. The number of halogens is 1. The average Bonchev–Trinajstić information content (AvgIpc) is 3.10. The molecule has 0 amide bonds. The molecule has 2 fully saturated rings. The lowest BCUT2D eigenvalue weighted by molar-refractivity contribution is 0.0131. The van der Waals surface area contributed by atoms with Gasteiger partial charge in [-0.2, -0.15) is 0 Å². The van der Waals surface area contributed by atoms with Crippen LogP contribution < -0.4 is 15.5 Å². The summed E-state index contributed by atoms with van der Waals surface area (Å²) in [6, 6.07) is 11.0. The number of hydrogen-bond acceptors (Lipinski definition) is 3. The molecule has 6 heteroatoms. The van der Waals surface area contributed by atoms with Crippen LogP contribution in [-0.4, -0.2) is 48.9 Å². The molecule has 5 nitrogen and oxygen atoms in total. The van der Waals surface area contributed by atoms with E-state index in [-0.39, 0.29) is 24.0 Å². The van der Waals surface area contributed by atoms with Crippen molar-refractivity contribution in [2.75, 3.05) is 31.1 Å². The number of aliphatic imine (C=N–C) groups is 1. The topological polar surface area (TPSA) is 59.9 Å². The quantitative estimate of drug-likeness (QED) is 0.350. The van der Waals surface area contributed by atoms with Gasteiger partial charge in [-0.1, -0.05) is 37.5 Å². The van der Waals surface area contributed by atoms with Crippen LogP contribution in [0, 0.1) is 0 Å². The van der Waals surface area contributed by atoms with Crippen LogP contribution in [0.15, 0.2) is 35.3 Å². The Balaban J connectivity index is 0.00000243. The van der Waals surface area contributed by atoms with E-state index in [9.17, 15) is 5.11 Å². The Morgan fingerprint density at radius 1 is 1.23 bits per heavy atom. The number of rotatable bonds is 5. The van der Waals surface area contributed by atoms with E-state index < -0.39 is 5.60 Å². The largest absolute Gasteiger partial charge is 0.388 e. The zero-order valence-corrected chi connectivity index (χ0v) is 18.1. The zero-order valence-electron chi connectivity index (χ0n) is 15.8. The molecule has 1 unspecified atom stereocenters. The van der Waals surface area contributed by atoms with E-state index in [1.807, 2.05) is 0 Å². The molecule has 3 rings (SSSR count). The molecule has 2 aliphatic rings. The summed E-state index contributed by atoms with van der Waals surface area (Å²) in [7, 11) is 0. The van der Waals surface area contributed by atoms with Gasteiger partial charge < -0.3 is 20.6 Å². The molecule has 1 aliphatic carbocycles. The summed E-state index contributed by atoms with van der Waals surface area (Å²) in [4.78, 5) is 7.11. The highest BCUT2D eigenvalue weighted by Gasteiger charge is 2.29. The van der Waals surface area contributed by atoms with Gasteiger partial charge in [0.05, 0.1) is 12.1 Å². The van der Waals surface area contributed by atoms with Crippen molar-refractivity contribution in [3.63, 3.8) is 0 Å². The van der Waals surface area contributed by atoms with Crippen molar-refractivity contribution in [1.82, 2.24) is 10.6 Å². The summed E-state index contributed by atoms with van der Waals surface area (Å²) in [6.07, 6.45) is 6.32. The van der Waals surface area contributed by atoms with Gasteiger partial charge in [0.2, 0.25) is 0 Å². The normalized spacial score (nSPS) is 22.6. The number of nitrogens with one attached hydrogen (secondary N) is 2. The van der Waals surface area contributed by atoms with Gasteiger partial charge in [-0.05, 0) is 38.3 Å². The molecule has 0 bridgehead atoms. The SMILES string of the molecule is CCNC(=NCC1(O)CCCCC1)NC1CCN(c2ccccc2)C1.I. The predicted octanol–water partition coefficient (Wildman–Crippen LogP) is 3.13. The Bertz CT molecular complexity index is 560. The maximum Gasteiger partial charge on any atom is 0.191 e. The molecule has 0 spiro atoms. The van der Waals surface area contributed by atoms with E-state index in [4.69, 9.17) is 4.99 Å². The summed E-state index contributed by atoms with van der Waals surface area (Å²) < 4.78 is 0. The monoisotopic (exact) mass is 472 g/mol. The fraction of sp³-hybridized carbons (Fsp3) is 0.650. The van der Waals surface area contributed by atoms with Crippen molar-refractivity contribution in [3.8, 4) is 0 Å². The van der Waals surface area contributed by atoms with Crippen LogP contribution >= 0.6 is 24.0 Å². The number of guanidine groups is 1. The first-order valence-electron chi connectivity index (χ1n) is 9.76. The first-order chi connectivity index (χ1) is 12.2. The number of aliphatic hydroxyl groups is 1. The molecule has 26 heavy (non-hydrogen) atoms. The highest BCUT2D eigenvalue weighted by Crippen LogP contribution is 2.28. The highest BCUT2D eigenvalue weighted by molar-refractivity contribution is 14.0. The van der Waals surface area contributed by atoms with Crippen LogP contribution in [0.4, 0.5) is 5.69 Å². The molecule has 146 valence electrons. The van der Waals surface area contributed by atoms with Gasteiger partial charge in [-0.25, -0.2) is 0 Å². The summed E-state index contributed by atoms with van der Waals surface area (Å²) in [5.41, 5.74) is 0.678. The average molecular weight is 472 g/mol. The Morgan fingerprint density at radius 2 is 1.96 bits per heavy atom. The van der Waals surface area contributed by atoms with E-state index in [2.05, 4.69) is 52.8 Å². The molecule has 1 aromatic rings. The van der Waals surface area contributed by atoms with Gasteiger partial charge in [-0.15, -0.1) is 24.0 Å². The first kappa shape index (κ1) is 21.3. The van der Waals surface area contributed by atoms with Crippen LogP contribution in [0.5, 0.6) is 0 Å². The summed E-state index contributed by atoms with van der Waals surface area (Å²) in [6.45, 7) is 5.46. The lowest BCUT2D eigenvalue weighted by atomic mass is 9.85. The van der Waals surface area contributed by atoms with Gasteiger partial charge in [0.25, 0.3) is 0 Å². The first-order valence-corrected chi connectivity index (χ1v) is 9.76. The minimum absolute atomic E-state index is 0. The van der Waals surface area contributed by atoms with Crippen LogP contribution in [0.25, 0.3) is 0 Å². The Morgan fingerprint density at radius 3 is 2.65 bits per heavy atom. The molecular weight excluding hydrogens is 439 g/mol. The predicted molar refractivity (Wildman–Crippen MR) is 120 cm³/mol. The Labute approximate surface area is 174 Å². The summed E-state index contributed by atoms with van der Waals surface area (Å²) in [5, 5.41) is 17.6. The van der Waals surface area contributed by atoms with E-state index in [0.29, 0.717) is 12.6 Å². The number of benzene rings is 1. The standard InChI is InChI=1S/C20H32N4O.HI/c1-2-21-19(22-16-20(25)12-7-4-8-13-20)23-17-11-14-24(15-17)18-9-5-3-6-10-18;/h3,5-6,9-10,17,25H,2,4,7-8,11-16H2,1H3,(H2,21,22,23);1H. The fourth-order valence-electron chi connectivity index (χ4n) is 3.86. The van der Waals surface area contributed by atoms with Crippen molar-refractivity contribution in [2.24, 2.45) is 4.99 Å². The van der Waals surface area contributed by atoms with E-state index >= 15 is 0 Å². The number of nitrogens with zero attached hydrogens (tertiary/aromatic N) is 2. The molecule has 0 aromatic heterocycles. The number of para-hydroxylation sites is 1. The molecule has 3 N–H and O–H groups in total. The lowest BCUT2D eigenvalue weighted by Gasteiger charge is -2.30. The van der Waals surface area contributed by atoms with Crippen LogP contribution in [0.1, 0.15) is 45.4 Å². The third-order valence-corrected chi connectivity index (χ3v) is 5.31. The van der Waals surface area contributed by atoms with E-state index in [1.165, 1.54) is 12.1 Å². The second-order valence-corrected chi connectivity index (χ2v) is 7.39. The Kier molecular flexibility index (Phi) is 8.47. The van der Waals surface area contributed by atoms with Crippen LogP contribution in [0.3, 0.4) is 0 Å². The second-order valence-electron chi connectivity index (χ2n) is 7.39. The van der Waals surface area contributed by atoms with Gasteiger partial charge >= 0.3 is 0 Å². The third-order valence-electron chi connectivity index (χ3n) is 5.31. The molecular formula is C20H33IN4O. The Hall–Kier alpha value is -1.02. The molecule has 0 radical (unpaired) electrons. The lowest BCUT2D eigenvalue weighted by Crippen LogP contribution is -2.46. The van der Waals surface area contributed by atoms with E-state index in [0.717, 1.165) is 57.7 Å². The molecule has 1 atom stereocenters. The molecule has 1 heterocycles. The van der Waals surface area contributed by atoms with Crippen LogP contribution in [0.2, 0.25) is 0 Å². The van der Waals surface area contributed by atoms with Crippen molar-refractivity contribution in [2.45, 2.75) is 57.1 Å². The maximum atomic E-state index is 10.7. The van der Waals surface area contributed by atoms with E-state index in [1.54, 1.807) is 0 Å². The van der Waals surface area contributed by atoms with Gasteiger partial charge in [0.1, 0.15) is 0 Å². The van der Waals surface area contributed by atoms with Crippen molar-refractivity contribution >= 4 is 35.6 Å². The van der Waals surface area contributed by atoms with Crippen molar-refractivity contribution in [1.29, 1.82) is 0 Å². The molecule has 1 saturated heterocycles. The van der Waals surface area contributed by atoms with Crippen molar-refractivity contribution < 1.29 is 5.11 Å². The third kappa shape index (κ3) is 6.01. The number of anilines is 1. The fourth-order valence-corrected chi connectivity index (χ4v) is 3.86. The van der Waals surface area contributed by atoms with Gasteiger partial charge in [0, 0.05) is 31.4 Å². The second kappa shape index (κ2) is 10.3. The zero-order chi connectivity index (χ0) is 17.5. The van der Waals surface area contributed by atoms with Crippen molar-refractivity contribution in [3.05, 3.63) is 30.3 Å². The van der Waals surface area contributed by atoms with Gasteiger partial charge in [0.15, 0.2) is 5.96 Å². The molecule has 1 aromatic carbocycles. The smallest absolute Gasteiger partial charge is 0.191 e. The minimum Gasteiger partial charge on any atom is -0.388 e. The number of hydrogen-bond donors (Lipinski definition) is 3. The summed E-state index contributed by atoms with van der Waals surface area (Å²) in [5.74, 6) is 0.835.